The molecule has 182 valence electrons. The summed E-state index contributed by atoms with van der Waals surface area (Å²) < 4.78 is 46.5. The Morgan fingerprint density at radius 3 is 2.14 bits per heavy atom. The highest BCUT2D eigenvalue weighted by atomic mass is 19.4. The average molecular weight is 486 g/mol. The van der Waals surface area contributed by atoms with E-state index >= 15 is 0 Å². The molecule has 0 saturated carbocycles. The summed E-state index contributed by atoms with van der Waals surface area (Å²) in [6.45, 7) is -1.44. The van der Waals surface area contributed by atoms with Crippen molar-refractivity contribution in [3.05, 3.63) is 89.0 Å². The Morgan fingerprint density at radius 2 is 1.54 bits per heavy atom. The van der Waals surface area contributed by atoms with Crippen LogP contribution in [-0.4, -0.2) is 29.8 Å². The van der Waals surface area contributed by atoms with Crippen LogP contribution >= 0.6 is 0 Å². The molecule has 0 aliphatic rings. The Hall–Kier alpha value is -4.47. The van der Waals surface area contributed by atoms with Crippen LogP contribution in [0.2, 0.25) is 0 Å². The van der Waals surface area contributed by atoms with Crippen LogP contribution in [0.1, 0.15) is 21.5 Å². The topological polar surface area (TPSA) is 125 Å². The van der Waals surface area contributed by atoms with Gasteiger partial charge in [-0.05, 0) is 71.8 Å². The number of halogens is 3. The third-order valence-corrected chi connectivity index (χ3v) is 4.75. The van der Waals surface area contributed by atoms with Crippen molar-refractivity contribution in [1.82, 2.24) is 0 Å². The molecule has 0 aromatic heterocycles. The van der Waals surface area contributed by atoms with Crippen LogP contribution in [0.3, 0.4) is 0 Å². The van der Waals surface area contributed by atoms with Gasteiger partial charge in [0.25, 0.3) is 0 Å². The van der Waals surface area contributed by atoms with Crippen molar-refractivity contribution >= 4 is 29.4 Å². The number of anilines is 2. The molecule has 0 bridgehead atoms. The van der Waals surface area contributed by atoms with E-state index < -0.39 is 24.7 Å². The number of ether oxygens (including phenoxy) is 2. The summed E-state index contributed by atoms with van der Waals surface area (Å²) in [5.41, 5.74) is 13.9. The molecule has 5 N–H and O–H groups in total. The lowest BCUT2D eigenvalue weighted by atomic mass is 10.0. The molecule has 3 rings (SSSR count). The molecule has 0 radical (unpaired) electrons. The van der Waals surface area contributed by atoms with E-state index in [-0.39, 0.29) is 29.1 Å². The van der Waals surface area contributed by atoms with E-state index in [2.05, 4.69) is 4.74 Å². The quantitative estimate of drug-likeness (QED) is 0.182. The molecule has 0 saturated heterocycles. The molecule has 35 heavy (non-hydrogen) atoms. The standard InChI is InChI=1S/C25H21F3N2O5/c26-25(27,28)14-34-20-8-3-16(4-9-20)24(33)35-21-6-1-15(2-7-21)11-18(23(31)32)12-17-13-19(29)5-10-22(17)30/h1-11,13H,12,14,29-30H2,(H,31,32)/b18-11+. The van der Waals surface area contributed by atoms with Crippen molar-refractivity contribution in [1.29, 1.82) is 0 Å². The Balaban J connectivity index is 1.66. The Kier molecular flexibility index (Phi) is 7.65. The van der Waals surface area contributed by atoms with Crippen LogP contribution in [0.25, 0.3) is 6.08 Å². The van der Waals surface area contributed by atoms with Crippen LogP contribution in [0, 0.1) is 0 Å². The van der Waals surface area contributed by atoms with Gasteiger partial charge in [-0.1, -0.05) is 12.1 Å². The molecular formula is C25H21F3N2O5. The summed E-state index contributed by atoms with van der Waals surface area (Å²) >= 11 is 0. The molecule has 0 aliphatic carbocycles. The minimum Gasteiger partial charge on any atom is -0.484 e. The summed E-state index contributed by atoms with van der Waals surface area (Å²) in [5, 5.41) is 9.57. The molecule has 0 aliphatic heterocycles. The number of nitrogen functional groups attached to an aromatic ring is 2. The highest BCUT2D eigenvalue weighted by molar-refractivity contribution is 5.93. The number of alkyl halides is 3. The first kappa shape index (κ1) is 25.2. The summed E-state index contributed by atoms with van der Waals surface area (Å²) in [4.78, 5) is 24.0. The molecule has 0 unspecified atom stereocenters. The molecule has 0 heterocycles. The number of hydrogen-bond acceptors (Lipinski definition) is 6. The Labute approximate surface area is 198 Å². The fourth-order valence-corrected chi connectivity index (χ4v) is 3.02. The van der Waals surface area contributed by atoms with Gasteiger partial charge in [0.15, 0.2) is 6.61 Å². The summed E-state index contributed by atoms with van der Waals surface area (Å²) in [6.07, 6.45) is -2.94. The van der Waals surface area contributed by atoms with Gasteiger partial charge in [0.1, 0.15) is 11.5 Å². The SMILES string of the molecule is Nc1ccc(N)c(C/C(=C\c2ccc(OC(=O)c3ccc(OCC(F)(F)F)cc3)cc2)C(=O)O)c1. The van der Waals surface area contributed by atoms with E-state index in [1.807, 2.05) is 0 Å². The lowest BCUT2D eigenvalue weighted by molar-refractivity contribution is -0.153. The van der Waals surface area contributed by atoms with E-state index in [9.17, 15) is 27.9 Å². The van der Waals surface area contributed by atoms with E-state index in [4.69, 9.17) is 16.2 Å². The van der Waals surface area contributed by atoms with Gasteiger partial charge in [-0.25, -0.2) is 9.59 Å². The van der Waals surface area contributed by atoms with Crippen molar-refractivity contribution in [2.24, 2.45) is 0 Å². The van der Waals surface area contributed by atoms with Crippen LogP contribution < -0.4 is 20.9 Å². The van der Waals surface area contributed by atoms with E-state index in [1.54, 1.807) is 30.3 Å². The van der Waals surface area contributed by atoms with Gasteiger partial charge in [0.05, 0.1) is 5.56 Å². The first-order valence-corrected chi connectivity index (χ1v) is 10.2. The van der Waals surface area contributed by atoms with Gasteiger partial charge < -0.3 is 26.0 Å². The normalized spacial score (nSPS) is 11.7. The van der Waals surface area contributed by atoms with E-state index in [0.29, 0.717) is 22.5 Å². The van der Waals surface area contributed by atoms with Gasteiger partial charge in [0, 0.05) is 23.4 Å². The third-order valence-electron chi connectivity index (χ3n) is 4.75. The number of hydrogen-bond donors (Lipinski definition) is 3. The maximum absolute atomic E-state index is 12.3. The second-order valence-electron chi connectivity index (χ2n) is 7.50. The van der Waals surface area contributed by atoms with Crippen LogP contribution in [-0.2, 0) is 11.2 Å². The van der Waals surface area contributed by atoms with Crippen molar-refractivity contribution in [2.45, 2.75) is 12.6 Å². The van der Waals surface area contributed by atoms with Crippen LogP contribution in [0.4, 0.5) is 24.5 Å². The van der Waals surface area contributed by atoms with Crippen molar-refractivity contribution in [3.63, 3.8) is 0 Å². The number of carbonyl (C=O) groups excluding carboxylic acids is 1. The first-order valence-electron chi connectivity index (χ1n) is 10.2. The smallest absolute Gasteiger partial charge is 0.422 e. The maximum atomic E-state index is 12.3. The van der Waals surface area contributed by atoms with Gasteiger partial charge in [-0.2, -0.15) is 13.2 Å². The largest absolute Gasteiger partial charge is 0.484 e. The highest BCUT2D eigenvalue weighted by Crippen LogP contribution is 2.23. The van der Waals surface area contributed by atoms with Crippen molar-refractivity contribution < 1.29 is 37.3 Å². The maximum Gasteiger partial charge on any atom is 0.422 e. The number of benzene rings is 3. The lowest BCUT2D eigenvalue weighted by Crippen LogP contribution is -2.19. The van der Waals surface area contributed by atoms with Gasteiger partial charge >= 0.3 is 18.1 Å². The fraction of sp³-hybridized carbons (Fsp3) is 0.120. The number of carboxylic acids is 1. The fourth-order valence-electron chi connectivity index (χ4n) is 3.02. The molecular weight excluding hydrogens is 465 g/mol. The zero-order chi connectivity index (χ0) is 25.6. The second-order valence-corrected chi connectivity index (χ2v) is 7.50. The predicted octanol–water partition coefficient (Wildman–Crippen LogP) is 4.72. The average Bonchev–Trinajstić information content (AvgIpc) is 2.80. The monoisotopic (exact) mass is 486 g/mol. The minimum atomic E-state index is -4.47. The zero-order valence-electron chi connectivity index (χ0n) is 18.2. The molecule has 0 fully saturated rings. The number of aliphatic carboxylic acids is 1. The van der Waals surface area contributed by atoms with Gasteiger partial charge in [-0.15, -0.1) is 0 Å². The summed E-state index contributed by atoms with van der Waals surface area (Å²) in [7, 11) is 0. The molecule has 3 aromatic carbocycles. The minimum absolute atomic E-state index is 0.0378. The predicted molar refractivity (Wildman–Crippen MR) is 124 cm³/mol. The van der Waals surface area contributed by atoms with Crippen molar-refractivity contribution in [2.75, 3.05) is 18.1 Å². The number of esters is 1. The van der Waals surface area contributed by atoms with Crippen LogP contribution in [0.5, 0.6) is 11.5 Å². The molecule has 0 atom stereocenters. The Bertz CT molecular complexity index is 1240. The molecule has 0 amide bonds. The van der Waals surface area contributed by atoms with Gasteiger partial charge in [0.2, 0.25) is 0 Å². The third kappa shape index (κ3) is 7.53. The zero-order valence-corrected chi connectivity index (χ0v) is 18.2. The lowest BCUT2D eigenvalue weighted by Gasteiger charge is -2.10. The van der Waals surface area contributed by atoms with Crippen LogP contribution in [0.15, 0.2) is 72.3 Å². The number of rotatable bonds is 8. The van der Waals surface area contributed by atoms with Gasteiger partial charge in [-0.3, -0.25) is 0 Å². The van der Waals surface area contributed by atoms with Crippen molar-refractivity contribution in [3.8, 4) is 11.5 Å². The summed E-state index contributed by atoms with van der Waals surface area (Å²) in [5.74, 6) is -1.69. The number of carbonyl (C=O) groups is 2. The molecule has 7 nitrogen and oxygen atoms in total. The first-order chi connectivity index (χ1) is 16.5. The Morgan fingerprint density at radius 1 is 0.914 bits per heavy atom. The highest BCUT2D eigenvalue weighted by Gasteiger charge is 2.28. The van der Waals surface area contributed by atoms with E-state index in [1.165, 1.54) is 42.5 Å². The molecule has 10 heteroatoms. The number of carboxylic acid groups (broad SMARTS) is 1. The summed E-state index contributed by atoms with van der Waals surface area (Å²) in [6, 6.07) is 16.0. The molecule has 3 aromatic rings. The number of nitrogens with two attached hydrogens (primary N) is 2. The van der Waals surface area contributed by atoms with E-state index in [0.717, 1.165) is 0 Å². The second kappa shape index (κ2) is 10.6. The molecule has 0 spiro atoms.